The Bertz CT molecular complexity index is 510. The van der Waals surface area contributed by atoms with Crippen LogP contribution in [0, 0.1) is 0 Å². The fourth-order valence-corrected chi connectivity index (χ4v) is 2.07. The third kappa shape index (κ3) is 2.30. The van der Waals surface area contributed by atoms with Gasteiger partial charge in [0.1, 0.15) is 11.4 Å². The van der Waals surface area contributed by atoms with Gasteiger partial charge in [0.2, 0.25) is 0 Å². The van der Waals surface area contributed by atoms with Crippen LogP contribution in [0.5, 0.6) is 5.75 Å². The highest BCUT2D eigenvalue weighted by atomic mass is 32.1. The van der Waals surface area contributed by atoms with Crippen molar-refractivity contribution < 1.29 is 14.7 Å². The molecule has 0 radical (unpaired) electrons. The van der Waals surface area contributed by atoms with Crippen LogP contribution in [0.4, 0.5) is 5.69 Å². The lowest BCUT2D eigenvalue weighted by Crippen LogP contribution is -2.26. The zero-order chi connectivity index (χ0) is 12.3. The fraction of sp³-hybridized carbons (Fsp3) is 0.0833. The highest BCUT2D eigenvalue weighted by Gasteiger charge is 2.19. The molecule has 0 atom stereocenters. The van der Waals surface area contributed by atoms with E-state index in [0.717, 1.165) is 0 Å². The van der Waals surface area contributed by atoms with E-state index in [2.05, 4.69) is 0 Å². The van der Waals surface area contributed by atoms with E-state index in [1.807, 2.05) is 0 Å². The van der Waals surface area contributed by atoms with E-state index in [1.165, 1.54) is 18.4 Å². The quantitative estimate of drug-likeness (QED) is 0.672. The maximum atomic E-state index is 11.9. The molecule has 2 aromatic rings. The van der Waals surface area contributed by atoms with Gasteiger partial charge in [0.25, 0.3) is 5.91 Å². The summed E-state index contributed by atoms with van der Waals surface area (Å²) in [4.78, 5) is 12.4. The van der Waals surface area contributed by atoms with Gasteiger partial charge in [-0.1, -0.05) is 18.2 Å². The first kappa shape index (κ1) is 11.6. The maximum absolute atomic E-state index is 11.9. The van der Waals surface area contributed by atoms with Crippen molar-refractivity contribution in [3.63, 3.8) is 0 Å². The minimum atomic E-state index is -0.468. The molecule has 1 aromatic carbocycles. The lowest BCUT2D eigenvalue weighted by molar-refractivity contribution is 0.0857. The molecule has 0 aliphatic heterocycles. The molecule has 0 saturated carbocycles. The van der Waals surface area contributed by atoms with Crippen molar-refractivity contribution in [3.05, 3.63) is 46.7 Å². The summed E-state index contributed by atoms with van der Waals surface area (Å²) < 4.78 is 5.08. The molecule has 2 rings (SSSR count). The minimum Gasteiger partial charge on any atom is -0.494 e. The molecule has 0 fully saturated rings. The van der Waals surface area contributed by atoms with Crippen LogP contribution in [-0.2, 0) is 0 Å². The zero-order valence-electron chi connectivity index (χ0n) is 9.16. The normalized spacial score (nSPS) is 10.0. The van der Waals surface area contributed by atoms with E-state index in [1.54, 1.807) is 41.8 Å². The second-order valence-corrected chi connectivity index (χ2v) is 4.21. The summed E-state index contributed by atoms with van der Waals surface area (Å²) in [6.45, 7) is 0. The molecular formula is C12H11NO3S. The van der Waals surface area contributed by atoms with Gasteiger partial charge in [-0.05, 0) is 23.6 Å². The number of para-hydroxylation sites is 2. The average molecular weight is 249 g/mol. The number of carbonyl (C=O) groups excluding carboxylic acids is 1. The van der Waals surface area contributed by atoms with Gasteiger partial charge in [-0.3, -0.25) is 10.0 Å². The van der Waals surface area contributed by atoms with Crippen molar-refractivity contribution in [1.29, 1.82) is 0 Å². The van der Waals surface area contributed by atoms with Crippen molar-refractivity contribution >= 4 is 22.9 Å². The molecule has 1 heterocycles. The van der Waals surface area contributed by atoms with Crippen molar-refractivity contribution in [2.45, 2.75) is 0 Å². The SMILES string of the molecule is COc1ccccc1N(O)C(=O)c1cccs1. The van der Waals surface area contributed by atoms with Gasteiger partial charge >= 0.3 is 0 Å². The molecule has 1 amide bonds. The smallest absolute Gasteiger partial charge is 0.292 e. The largest absolute Gasteiger partial charge is 0.494 e. The second-order valence-electron chi connectivity index (χ2n) is 3.27. The first-order valence-electron chi connectivity index (χ1n) is 4.94. The molecule has 17 heavy (non-hydrogen) atoms. The van der Waals surface area contributed by atoms with Crippen molar-refractivity contribution in [3.8, 4) is 5.75 Å². The topological polar surface area (TPSA) is 49.8 Å². The lowest BCUT2D eigenvalue weighted by Gasteiger charge is -2.16. The molecule has 1 aromatic heterocycles. The zero-order valence-corrected chi connectivity index (χ0v) is 9.98. The highest BCUT2D eigenvalue weighted by Crippen LogP contribution is 2.28. The van der Waals surface area contributed by atoms with Gasteiger partial charge in [-0.15, -0.1) is 11.3 Å². The van der Waals surface area contributed by atoms with Gasteiger partial charge in [-0.25, -0.2) is 0 Å². The molecular weight excluding hydrogens is 238 g/mol. The van der Waals surface area contributed by atoms with Crippen LogP contribution in [0.1, 0.15) is 9.67 Å². The van der Waals surface area contributed by atoms with Crippen molar-refractivity contribution in [2.75, 3.05) is 12.2 Å². The molecule has 0 bridgehead atoms. The highest BCUT2D eigenvalue weighted by molar-refractivity contribution is 7.12. The summed E-state index contributed by atoms with van der Waals surface area (Å²) in [5.74, 6) is -0.0237. The predicted molar refractivity (Wildman–Crippen MR) is 65.9 cm³/mol. The number of ether oxygens (including phenoxy) is 1. The van der Waals surface area contributed by atoms with Gasteiger partial charge in [0.15, 0.2) is 0 Å². The number of nitrogens with zero attached hydrogens (tertiary/aromatic N) is 1. The Morgan fingerprint density at radius 2 is 2.06 bits per heavy atom. The molecule has 4 nitrogen and oxygen atoms in total. The van der Waals surface area contributed by atoms with Gasteiger partial charge in [0, 0.05) is 0 Å². The Kier molecular flexibility index (Phi) is 3.41. The molecule has 1 N–H and O–H groups in total. The minimum absolute atomic E-state index is 0.327. The lowest BCUT2D eigenvalue weighted by atomic mass is 10.3. The number of amides is 1. The standard InChI is InChI=1S/C12H11NO3S/c1-16-10-6-3-2-5-9(10)13(15)12(14)11-7-4-8-17-11/h2-8,15H,1H3. The average Bonchev–Trinajstić information content (AvgIpc) is 2.90. The van der Waals surface area contributed by atoms with Gasteiger partial charge in [-0.2, -0.15) is 5.06 Å². The molecule has 88 valence electrons. The first-order chi connectivity index (χ1) is 8.24. The van der Waals surface area contributed by atoms with Crippen LogP contribution in [-0.4, -0.2) is 18.2 Å². The third-order valence-electron chi connectivity index (χ3n) is 2.24. The molecule has 0 aliphatic carbocycles. The van der Waals surface area contributed by atoms with Crippen LogP contribution >= 0.6 is 11.3 Å². The summed E-state index contributed by atoms with van der Waals surface area (Å²) in [5, 5.41) is 12.3. The van der Waals surface area contributed by atoms with Gasteiger partial charge < -0.3 is 4.74 Å². The number of anilines is 1. The van der Waals surface area contributed by atoms with Crippen molar-refractivity contribution in [1.82, 2.24) is 0 Å². The molecule has 0 spiro atoms. The van der Waals surface area contributed by atoms with Crippen LogP contribution in [0.25, 0.3) is 0 Å². The number of benzene rings is 1. The summed E-state index contributed by atoms with van der Waals surface area (Å²) in [7, 11) is 1.49. The Hall–Kier alpha value is -1.85. The first-order valence-corrected chi connectivity index (χ1v) is 5.82. The van der Waals surface area contributed by atoms with E-state index in [9.17, 15) is 10.0 Å². The number of methoxy groups -OCH3 is 1. The number of carbonyl (C=O) groups is 1. The summed E-state index contributed by atoms with van der Waals surface area (Å²) >= 11 is 1.28. The Labute approximate surface area is 103 Å². The van der Waals surface area contributed by atoms with Gasteiger partial charge in [0.05, 0.1) is 12.0 Å². The molecule has 5 heteroatoms. The summed E-state index contributed by atoms with van der Waals surface area (Å²) in [5.41, 5.74) is 0.327. The molecule has 0 unspecified atom stereocenters. The monoisotopic (exact) mass is 249 g/mol. The number of hydroxylamine groups is 1. The number of thiophene rings is 1. The van der Waals surface area contributed by atoms with E-state index >= 15 is 0 Å². The van der Waals surface area contributed by atoms with E-state index in [4.69, 9.17) is 4.74 Å². The third-order valence-corrected chi connectivity index (χ3v) is 3.10. The molecule has 0 saturated heterocycles. The predicted octanol–water partition coefficient (Wildman–Crippen LogP) is 2.79. The van der Waals surface area contributed by atoms with Crippen LogP contribution < -0.4 is 9.80 Å². The Morgan fingerprint density at radius 3 is 2.71 bits per heavy atom. The Balaban J connectivity index is 2.31. The van der Waals surface area contributed by atoms with Crippen LogP contribution in [0.3, 0.4) is 0 Å². The van der Waals surface area contributed by atoms with E-state index in [-0.39, 0.29) is 0 Å². The molecule has 0 aliphatic rings. The summed E-state index contributed by atoms with van der Waals surface area (Å²) in [6.07, 6.45) is 0. The van der Waals surface area contributed by atoms with E-state index in [0.29, 0.717) is 21.4 Å². The number of rotatable bonds is 3. The summed E-state index contributed by atoms with van der Waals surface area (Å²) in [6, 6.07) is 10.2. The van der Waals surface area contributed by atoms with E-state index < -0.39 is 5.91 Å². The van der Waals surface area contributed by atoms with Crippen molar-refractivity contribution in [2.24, 2.45) is 0 Å². The second kappa shape index (κ2) is 4.99. The van der Waals surface area contributed by atoms with Crippen LogP contribution in [0.2, 0.25) is 0 Å². The Morgan fingerprint density at radius 1 is 1.29 bits per heavy atom. The number of hydrogen-bond acceptors (Lipinski definition) is 4. The van der Waals surface area contributed by atoms with Crippen LogP contribution in [0.15, 0.2) is 41.8 Å². The maximum Gasteiger partial charge on any atom is 0.292 e. The fourth-order valence-electron chi connectivity index (χ4n) is 1.42. The number of hydrogen-bond donors (Lipinski definition) is 1.